The predicted molar refractivity (Wildman–Crippen MR) is 68.3 cm³/mol. The second kappa shape index (κ2) is 5.05. The molecular formula is C11H12ClN5O. The zero-order chi connectivity index (χ0) is 13.1. The first kappa shape index (κ1) is 12.4. The summed E-state index contributed by atoms with van der Waals surface area (Å²) >= 11 is 6.02. The lowest BCUT2D eigenvalue weighted by atomic mass is 10.2. The Hall–Kier alpha value is -2.08. The predicted octanol–water partition coefficient (Wildman–Crippen LogP) is 1.18. The molecule has 94 valence electrons. The van der Waals surface area contributed by atoms with Gasteiger partial charge in [0.15, 0.2) is 0 Å². The van der Waals surface area contributed by atoms with Crippen LogP contribution in [0.4, 0.5) is 5.69 Å². The molecule has 1 heterocycles. The normalized spacial score (nSPS) is 10.3. The van der Waals surface area contributed by atoms with Crippen molar-refractivity contribution in [3.05, 3.63) is 40.7 Å². The lowest BCUT2D eigenvalue weighted by molar-refractivity contribution is 0.100. The molecule has 0 saturated carbocycles. The highest BCUT2D eigenvalue weighted by atomic mass is 35.5. The van der Waals surface area contributed by atoms with E-state index < -0.39 is 5.91 Å². The Morgan fingerprint density at radius 1 is 1.56 bits per heavy atom. The first-order valence-corrected chi connectivity index (χ1v) is 5.62. The molecule has 0 bridgehead atoms. The molecular weight excluding hydrogens is 254 g/mol. The number of anilines is 1. The Bertz CT molecular complexity index is 581. The maximum absolute atomic E-state index is 11.1. The number of hydrogen-bond acceptors (Lipinski definition) is 4. The van der Waals surface area contributed by atoms with E-state index in [9.17, 15) is 4.79 Å². The number of nitrogens with zero attached hydrogens (tertiary/aromatic N) is 3. The molecule has 0 aliphatic carbocycles. The minimum atomic E-state index is -0.491. The topological polar surface area (TPSA) is 85.8 Å². The number of hydrogen-bond donors (Lipinski definition) is 2. The summed E-state index contributed by atoms with van der Waals surface area (Å²) in [5.74, 6) is -0.491. The van der Waals surface area contributed by atoms with E-state index in [1.54, 1.807) is 36.1 Å². The number of primary amides is 1. The molecule has 2 aromatic rings. The highest BCUT2D eigenvalue weighted by Gasteiger charge is 2.06. The van der Waals surface area contributed by atoms with Crippen LogP contribution in [0.1, 0.15) is 16.1 Å². The molecule has 0 atom stereocenters. The fraction of sp³-hybridized carbons (Fsp3) is 0.182. The summed E-state index contributed by atoms with van der Waals surface area (Å²) in [6.07, 6.45) is 1.79. The summed E-state index contributed by atoms with van der Waals surface area (Å²) in [4.78, 5) is 11.1. The second-order valence-corrected chi connectivity index (χ2v) is 4.20. The molecule has 0 saturated heterocycles. The number of nitrogens with two attached hydrogens (primary N) is 1. The van der Waals surface area contributed by atoms with E-state index in [1.807, 2.05) is 0 Å². The SMILES string of the molecule is Cn1cc(CNc2cc(C(N)=O)ccc2Cl)nn1. The summed E-state index contributed by atoms with van der Waals surface area (Å²) in [5, 5.41) is 11.4. The lowest BCUT2D eigenvalue weighted by Crippen LogP contribution is -2.11. The summed E-state index contributed by atoms with van der Waals surface area (Å²) in [6, 6.07) is 4.82. The van der Waals surface area contributed by atoms with Crippen LogP contribution in [0.3, 0.4) is 0 Å². The van der Waals surface area contributed by atoms with Gasteiger partial charge >= 0.3 is 0 Å². The van der Waals surface area contributed by atoms with Gasteiger partial charge in [-0.1, -0.05) is 16.8 Å². The summed E-state index contributed by atoms with van der Waals surface area (Å²) < 4.78 is 1.61. The number of halogens is 1. The Morgan fingerprint density at radius 2 is 2.33 bits per heavy atom. The zero-order valence-corrected chi connectivity index (χ0v) is 10.5. The molecule has 0 spiro atoms. The van der Waals surface area contributed by atoms with Crippen molar-refractivity contribution in [1.29, 1.82) is 0 Å². The van der Waals surface area contributed by atoms with Crippen LogP contribution in [-0.4, -0.2) is 20.9 Å². The van der Waals surface area contributed by atoms with Crippen LogP contribution in [0.5, 0.6) is 0 Å². The number of aromatic nitrogens is 3. The molecule has 1 aromatic heterocycles. The minimum Gasteiger partial charge on any atom is -0.378 e. The molecule has 18 heavy (non-hydrogen) atoms. The maximum atomic E-state index is 11.1. The van der Waals surface area contributed by atoms with Crippen LogP contribution < -0.4 is 11.1 Å². The molecule has 2 rings (SSSR count). The average molecular weight is 266 g/mol. The molecule has 1 aromatic carbocycles. The van der Waals surface area contributed by atoms with Gasteiger partial charge in [-0.25, -0.2) is 0 Å². The number of benzene rings is 1. The van der Waals surface area contributed by atoms with Gasteiger partial charge in [0.1, 0.15) is 5.69 Å². The zero-order valence-electron chi connectivity index (χ0n) is 9.72. The summed E-state index contributed by atoms with van der Waals surface area (Å²) in [6.45, 7) is 0.468. The van der Waals surface area contributed by atoms with E-state index in [4.69, 9.17) is 17.3 Å². The number of rotatable bonds is 4. The van der Waals surface area contributed by atoms with Crippen LogP contribution in [0.2, 0.25) is 5.02 Å². The van der Waals surface area contributed by atoms with Crippen molar-refractivity contribution < 1.29 is 4.79 Å². The van der Waals surface area contributed by atoms with Crippen LogP contribution in [0.25, 0.3) is 0 Å². The molecule has 0 fully saturated rings. The van der Waals surface area contributed by atoms with Crippen molar-refractivity contribution in [3.8, 4) is 0 Å². The summed E-state index contributed by atoms with van der Waals surface area (Å²) in [5.41, 5.74) is 7.03. The van der Waals surface area contributed by atoms with Gasteiger partial charge in [-0.3, -0.25) is 9.48 Å². The van der Waals surface area contributed by atoms with E-state index in [0.717, 1.165) is 5.69 Å². The van der Waals surface area contributed by atoms with Gasteiger partial charge in [-0.05, 0) is 18.2 Å². The Kier molecular flexibility index (Phi) is 3.47. The quantitative estimate of drug-likeness (QED) is 0.869. The maximum Gasteiger partial charge on any atom is 0.248 e. The van der Waals surface area contributed by atoms with Gasteiger partial charge in [0, 0.05) is 18.8 Å². The van der Waals surface area contributed by atoms with Crippen LogP contribution >= 0.6 is 11.6 Å². The highest BCUT2D eigenvalue weighted by Crippen LogP contribution is 2.23. The molecule has 0 unspecified atom stereocenters. The first-order chi connectivity index (χ1) is 8.56. The van der Waals surface area contributed by atoms with Crippen molar-refractivity contribution >= 4 is 23.2 Å². The molecule has 6 nitrogen and oxygen atoms in total. The van der Waals surface area contributed by atoms with Crippen molar-refractivity contribution in [2.24, 2.45) is 12.8 Å². The van der Waals surface area contributed by atoms with Gasteiger partial charge < -0.3 is 11.1 Å². The largest absolute Gasteiger partial charge is 0.378 e. The second-order valence-electron chi connectivity index (χ2n) is 3.80. The van der Waals surface area contributed by atoms with Crippen molar-refractivity contribution in [2.75, 3.05) is 5.32 Å². The van der Waals surface area contributed by atoms with E-state index in [0.29, 0.717) is 22.8 Å². The van der Waals surface area contributed by atoms with Crippen LogP contribution in [0.15, 0.2) is 24.4 Å². The van der Waals surface area contributed by atoms with Gasteiger partial charge in [0.25, 0.3) is 0 Å². The number of aryl methyl sites for hydroxylation is 1. The number of carbonyl (C=O) groups excluding carboxylic acids is 1. The Balaban J connectivity index is 2.13. The Morgan fingerprint density at radius 3 is 2.94 bits per heavy atom. The van der Waals surface area contributed by atoms with Crippen molar-refractivity contribution in [1.82, 2.24) is 15.0 Å². The third-order valence-electron chi connectivity index (χ3n) is 2.36. The van der Waals surface area contributed by atoms with E-state index in [1.165, 1.54) is 0 Å². The lowest BCUT2D eigenvalue weighted by Gasteiger charge is -2.07. The van der Waals surface area contributed by atoms with Crippen LogP contribution in [0, 0.1) is 0 Å². The number of carbonyl (C=O) groups is 1. The fourth-order valence-electron chi connectivity index (χ4n) is 1.48. The van der Waals surface area contributed by atoms with Gasteiger partial charge in [-0.2, -0.15) is 0 Å². The fourth-order valence-corrected chi connectivity index (χ4v) is 1.66. The molecule has 0 radical (unpaired) electrons. The first-order valence-electron chi connectivity index (χ1n) is 5.24. The Labute approximate surface area is 109 Å². The standard InChI is InChI=1S/C11H12ClN5O/c1-17-6-8(15-16-17)5-14-10-4-7(11(13)18)2-3-9(10)12/h2-4,6,14H,5H2,1H3,(H2,13,18). The third-order valence-corrected chi connectivity index (χ3v) is 2.69. The molecule has 3 N–H and O–H groups in total. The molecule has 0 aliphatic heterocycles. The molecule has 0 aliphatic rings. The number of amides is 1. The molecule has 1 amide bonds. The molecule has 7 heteroatoms. The van der Waals surface area contributed by atoms with Crippen LogP contribution in [-0.2, 0) is 13.6 Å². The highest BCUT2D eigenvalue weighted by molar-refractivity contribution is 6.33. The average Bonchev–Trinajstić information content (AvgIpc) is 2.74. The number of nitrogens with one attached hydrogen (secondary N) is 1. The minimum absolute atomic E-state index is 0.404. The van der Waals surface area contributed by atoms with Gasteiger partial charge in [0.2, 0.25) is 5.91 Å². The van der Waals surface area contributed by atoms with E-state index in [-0.39, 0.29) is 0 Å². The smallest absolute Gasteiger partial charge is 0.248 e. The monoisotopic (exact) mass is 265 g/mol. The van der Waals surface area contributed by atoms with E-state index in [2.05, 4.69) is 15.6 Å². The van der Waals surface area contributed by atoms with Crippen molar-refractivity contribution in [2.45, 2.75) is 6.54 Å². The summed E-state index contributed by atoms with van der Waals surface area (Å²) in [7, 11) is 1.79. The third kappa shape index (κ3) is 2.78. The van der Waals surface area contributed by atoms with E-state index >= 15 is 0 Å². The van der Waals surface area contributed by atoms with Gasteiger partial charge in [0.05, 0.1) is 17.3 Å². The van der Waals surface area contributed by atoms with Gasteiger partial charge in [-0.15, -0.1) is 5.10 Å². The van der Waals surface area contributed by atoms with Crippen molar-refractivity contribution in [3.63, 3.8) is 0 Å².